The fraction of sp³-hybridized carbons (Fsp3) is 0.500. The van der Waals surface area contributed by atoms with E-state index in [1.807, 2.05) is 0 Å². The van der Waals surface area contributed by atoms with Crippen molar-refractivity contribution in [3.63, 3.8) is 0 Å². The maximum atomic E-state index is 13.2. The first-order chi connectivity index (χ1) is 16.0. The van der Waals surface area contributed by atoms with Crippen LogP contribution in [0.3, 0.4) is 0 Å². The number of carbonyl (C=O) groups is 1. The van der Waals surface area contributed by atoms with E-state index in [1.54, 1.807) is 30.6 Å². The van der Waals surface area contributed by atoms with E-state index in [9.17, 15) is 13.2 Å². The molecule has 2 fully saturated rings. The molecule has 0 spiro atoms. The van der Waals surface area contributed by atoms with Crippen LogP contribution in [0.5, 0.6) is 5.75 Å². The minimum absolute atomic E-state index is 0.0844. The molecular weight excluding hydrogens is 444 g/mol. The van der Waals surface area contributed by atoms with Crippen LogP contribution in [0.2, 0.25) is 0 Å². The lowest BCUT2D eigenvalue weighted by Crippen LogP contribution is -2.49. The summed E-state index contributed by atoms with van der Waals surface area (Å²) >= 11 is 0. The van der Waals surface area contributed by atoms with E-state index in [2.05, 4.69) is 25.1 Å². The largest absolute Gasteiger partial charge is 0.495 e. The van der Waals surface area contributed by atoms with Gasteiger partial charge in [0.05, 0.1) is 13.7 Å². The van der Waals surface area contributed by atoms with Crippen molar-refractivity contribution >= 4 is 27.6 Å². The highest BCUT2D eigenvalue weighted by Crippen LogP contribution is 2.31. The summed E-state index contributed by atoms with van der Waals surface area (Å²) in [5.74, 6) is 0.783. The van der Waals surface area contributed by atoms with Crippen LogP contribution in [0.4, 0.5) is 11.6 Å². The van der Waals surface area contributed by atoms with Crippen molar-refractivity contribution in [2.75, 3.05) is 63.1 Å². The molecule has 2 saturated heterocycles. The van der Waals surface area contributed by atoms with Crippen LogP contribution in [0.15, 0.2) is 41.6 Å². The summed E-state index contributed by atoms with van der Waals surface area (Å²) in [5.41, 5.74) is 0.438. The summed E-state index contributed by atoms with van der Waals surface area (Å²) in [6, 6.07) is 6.53. The van der Waals surface area contributed by atoms with Crippen LogP contribution in [-0.4, -0.2) is 86.4 Å². The molecule has 0 atom stereocenters. The molecule has 1 aromatic heterocycles. The van der Waals surface area contributed by atoms with Crippen molar-refractivity contribution in [2.24, 2.45) is 0 Å². The number of rotatable bonds is 7. The number of ether oxygens (including phenoxy) is 1. The summed E-state index contributed by atoms with van der Waals surface area (Å²) in [6.45, 7) is 4.12. The number of piperazine rings is 1. The first-order valence-corrected chi connectivity index (χ1v) is 12.6. The Morgan fingerprint density at radius 2 is 1.73 bits per heavy atom. The Morgan fingerprint density at radius 3 is 2.39 bits per heavy atom. The summed E-state index contributed by atoms with van der Waals surface area (Å²) in [5, 5.41) is 2.84. The van der Waals surface area contributed by atoms with E-state index >= 15 is 0 Å². The molecule has 2 aromatic rings. The van der Waals surface area contributed by atoms with Gasteiger partial charge in [0.15, 0.2) is 0 Å². The first-order valence-electron chi connectivity index (χ1n) is 11.2. The number of hydrogen-bond donors (Lipinski definition) is 1. The molecule has 11 heteroatoms. The summed E-state index contributed by atoms with van der Waals surface area (Å²) in [7, 11) is -2.25. The molecule has 10 nitrogen and oxygen atoms in total. The Hall–Kier alpha value is -2.76. The van der Waals surface area contributed by atoms with Crippen LogP contribution in [0.25, 0.3) is 0 Å². The third-order valence-corrected chi connectivity index (χ3v) is 7.87. The predicted octanol–water partition coefficient (Wildman–Crippen LogP) is 1.42. The standard InChI is InChI=1S/C22H30N6O4S/c1-32-19-7-6-18(16-20(19)33(30,31)28-10-3-2-4-11-28)25-21(29)17-26-12-14-27(15-13-26)22-23-8-5-9-24-22/h5-9,16H,2-4,10-15,17H2,1H3,(H,25,29). The molecule has 0 radical (unpaired) electrons. The smallest absolute Gasteiger partial charge is 0.246 e. The number of nitrogens with zero attached hydrogens (tertiary/aromatic N) is 5. The number of carbonyl (C=O) groups excluding carboxylic acids is 1. The second-order valence-electron chi connectivity index (χ2n) is 8.19. The minimum atomic E-state index is -3.69. The van der Waals surface area contributed by atoms with Gasteiger partial charge >= 0.3 is 0 Å². The van der Waals surface area contributed by atoms with E-state index < -0.39 is 10.0 Å². The molecular formula is C22H30N6O4S. The van der Waals surface area contributed by atoms with E-state index in [1.165, 1.54) is 17.5 Å². The zero-order valence-electron chi connectivity index (χ0n) is 18.8. The number of benzene rings is 1. The SMILES string of the molecule is COc1ccc(NC(=O)CN2CCN(c3ncccn3)CC2)cc1S(=O)(=O)N1CCCCC1. The normalized spacial score (nSPS) is 18.2. The Morgan fingerprint density at radius 1 is 1.03 bits per heavy atom. The number of sulfonamides is 1. The van der Waals surface area contributed by atoms with Crippen LogP contribution in [-0.2, 0) is 14.8 Å². The van der Waals surface area contributed by atoms with E-state index in [4.69, 9.17) is 4.74 Å². The number of nitrogens with one attached hydrogen (secondary N) is 1. The van der Waals surface area contributed by atoms with Gasteiger partial charge in [0, 0.05) is 57.3 Å². The third-order valence-electron chi connectivity index (χ3n) is 5.95. The van der Waals surface area contributed by atoms with Gasteiger partial charge < -0.3 is 15.0 Å². The van der Waals surface area contributed by atoms with Gasteiger partial charge in [-0.25, -0.2) is 18.4 Å². The van der Waals surface area contributed by atoms with Gasteiger partial charge in [-0.05, 0) is 37.1 Å². The molecule has 33 heavy (non-hydrogen) atoms. The number of hydrogen-bond acceptors (Lipinski definition) is 8. The molecule has 1 amide bonds. The van der Waals surface area contributed by atoms with Crippen molar-refractivity contribution in [1.29, 1.82) is 0 Å². The van der Waals surface area contributed by atoms with Gasteiger partial charge in [-0.1, -0.05) is 6.42 Å². The monoisotopic (exact) mass is 474 g/mol. The molecule has 2 aliphatic heterocycles. The van der Waals surface area contributed by atoms with Gasteiger partial charge in [0.1, 0.15) is 10.6 Å². The second kappa shape index (κ2) is 10.4. The van der Waals surface area contributed by atoms with Gasteiger partial charge in [0.2, 0.25) is 21.9 Å². The fourth-order valence-electron chi connectivity index (χ4n) is 4.16. The number of aromatic nitrogens is 2. The summed E-state index contributed by atoms with van der Waals surface area (Å²) in [4.78, 5) is 25.5. The molecule has 4 rings (SSSR count). The van der Waals surface area contributed by atoms with Crippen molar-refractivity contribution < 1.29 is 17.9 Å². The first kappa shape index (κ1) is 23.4. The molecule has 0 aliphatic carbocycles. The number of methoxy groups -OCH3 is 1. The maximum Gasteiger partial charge on any atom is 0.246 e. The minimum Gasteiger partial charge on any atom is -0.495 e. The van der Waals surface area contributed by atoms with Gasteiger partial charge in [0.25, 0.3) is 0 Å². The van der Waals surface area contributed by atoms with Crippen LogP contribution in [0, 0.1) is 0 Å². The number of anilines is 2. The number of piperidine rings is 1. The molecule has 3 heterocycles. The average molecular weight is 475 g/mol. The van der Waals surface area contributed by atoms with E-state index in [-0.39, 0.29) is 23.1 Å². The summed E-state index contributed by atoms with van der Waals surface area (Å²) in [6.07, 6.45) is 6.17. The Bertz CT molecular complexity index is 1050. The molecule has 2 aliphatic rings. The number of amides is 1. The van der Waals surface area contributed by atoms with E-state index in [0.29, 0.717) is 37.8 Å². The highest BCUT2D eigenvalue weighted by atomic mass is 32.2. The van der Waals surface area contributed by atoms with Crippen LogP contribution >= 0.6 is 0 Å². The van der Waals surface area contributed by atoms with Crippen LogP contribution in [0.1, 0.15) is 19.3 Å². The highest BCUT2D eigenvalue weighted by molar-refractivity contribution is 7.89. The Labute approximate surface area is 194 Å². The quantitative estimate of drug-likeness (QED) is 0.642. The predicted molar refractivity (Wildman–Crippen MR) is 125 cm³/mol. The van der Waals surface area contributed by atoms with Crippen molar-refractivity contribution in [3.8, 4) is 5.75 Å². The van der Waals surface area contributed by atoms with E-state index in [0.717, 1.165) is 32.4 Å². The molecule has 0 unspecified atom stereocenters. The molecule has 178 valence electrons. The lowest BCUT2D eigenvalue weighted by Gasteiger charge is -2.34. The van der Waals surface area contributed by atoms with Gasteiger partial charge in [-0.15, -0.1) is 0 Å². The molecule has 1 aromatic carbocycles. The van der Waals surface area contributed by atoms with Gasteiger partial charge in [-0.3, -0.25) is 9.69 Å². The van der Waals surface area contributed by atoms with Crippen molar-refractivity contribution in [3.05, 3.63) is 36.7 Å². The van der Waals surface area contributed by atoms with Crippen molar-refractivity contribution in [1.82, 2.24) is 19.2 Å². The Balaban J connectivity index is 1.38. The lowest BCUT2D eigenvalue weighted by atomic mass is 10.2. The zero-order valence-corrected chi connectivity index (χ0v) is 19.6. The lowest BCUT2D eigenvalue weighted by molar-refractivity contribution is -0.117. The second-order valence-corrected chi connectivity index (χ2v) is 10.1. The topological polar surface area (TPSA) is 108 Å². The maximum absolute atomic E-state index is 13.2. The van der Waals surface area contributed by atoms with Gasteiger partial charge in [-0.2, -0.15) is 4.31 Å². The molecule has 0 bridgehead atoms. The third kappa shape index (κ3) is 5.60. The zero-order chi connectivity index (χ0) is 23.3. The molecule has 1 N–H and O–H groups in total. The Kier molecular flexibility index (Phi) is 7.41. The average Bonchev–Trinajstić information content (AvgIpc) is 2.85. The summed E-state index contributed by atoms with van der Waals surface area (Å²) < 4.78 is 33.2. The van der Waals surface area contributed by atoms with Crippen LogP contribution < -0.4 is 15.0 Å². The molecule has 0 saturated carbocycles. The fourth-order valence-corrected chi connectivity index (χ4v) is 5.86. The highest BCUT2D eigenvalue weighted by Gasteiger charge is 2.29. The van der Waals surface area contributed by atoms with Crippen molar-refractivity contribution in [2.45, 2.75) is 24.2 Å².